The third-order valence-corrected chi connectivity index (χ3v) is 3.37. The molecule has 0 heterocycles. The molecule has 98 valence electrons. The SMILES string of the molecule is Fc1cccc(Cl)c1C/C=N/Nc1ccc(Br)cc1. The van der Waals surface area contributed by atoms with E-state index in [0.717, 1.165) is 10.2 Å². The van der Waals surface area contributed by atoms with E-state index in [1.807, 2.05) is 24.3 Å². The fraction of sp³-hybridized carbons (Fsp3) is 0.0714. The van der Waals surface area contributed by atoms with Gasteiger partial charge < -0.3 is 0 Å². The van der Waals surface area contributed by atoms with E-state index in [4.69, 9.17) is 11.6 Å². The highest BCUT2D eigenvalue weighted by Crippen LogP contribution is 2.18. The molecule has 0 radical (unpaired) electrons. The summed E-state index contributed by atoms with van der Waals surface area (Å²) >= 11 is 9.27. The van der Waals surface area contributed by atoms with Gasteiger partial charge in [0.25, 0.3) is 0 Å². The number of benzene rings is 2. The van der Waals surface area contributed by atoms with Crippen LogP contribution >= 0.6 is 27.5 Å². The first-order valence-corrected chi connectivity index (χ1v) is 6.80. The molecular weight excluding hydrogens is 331 g/mol. The molecule has 2 aromatic carbocycles. The third kappa shape index (κ3) is 4.04. The molecular formula is C14H11BrClFN2. The standard InChI is InChI=1S/C14H11BrClFN2/c15-10-4-6-11(7-5-10)19-18-9-8-12-13(16)2-1-3-14(12)17/h1-7,9,19H,8H2/b18-9+. The van der Waals surface area contributed by atoms with E-state index >= 15 is 0 Å². The van der Waals surface area contributed by atoms with Crippen molar-refractivity contribution in [2.45, 2.75) is 6.42 Å². The van der Waals surface area contributed by atoms with Crippen LogP contribution in [0.1, 0.15) is 5.56 Å². The molecule has 0 aliphatic rings. The number of rotatable bonds is 4. The summed E-state index contributed by atoms with van der Waals surface area (Å²) in [7, 11) is 0. The van der Waals surface area contributed by atoms with Gasteiger partial charge in [0.15, 0.2) is 0 Å². The number of hydrogen-bond acceptors (Lipinski definition) is 2. The molecule has 2 aromatic rings. The first-order chi connectivity index (χ1) is 9.16. The van der Waals surface area contributed by atoms with Crippen molar-refractivity contribution in [3.8, 4) is 0 Å². The topological polar surface area (TPSA) is 24.4 Å². The van der Waals surface area contributed by atoms with Crippen molar-refractivity contribution >= 4 is 39.4 Å². The van der Waals surface area contributed by atoms with Gasteiger partial charge in [-0.15, -0.1) is 0 Å². The Kier molecular flexibility index (Phi) is 4.93. The Bertz CT molecular complexity index is 564. The van der Waals surface area contributed by atoms with Crippen molar-refractivity contribution < 1.29 is 4.39 Å². The van der Waals surface area contributed by atoms with Crippen molar-refractivity contribution in [2.24, 2.45) is 5.10 Å². The molecule has 0 unspecified atom stereocenters. The van der Waals surface area contributed by atoms with E-state index in [-0.39, 0.29) is 5.82 Å². The number of anilines is 1. The highest BCUT2D eigenvalue weighted by atomic mass is 79.9. The molecule has 5 heteroatoms. The molecule has 19 heavy (non-hydrogen) atoms. The maximum Gasteiger partial charge on any atom is 0.128 e. The van der Waals surface area contributed by atoms with Gasteiger partial charge in [0.05, 0.1) is 5.69 Å². The number of nitrogens with one attached hydrogen (secondary N) is 1. The van der Waals surface area contributed by atoms with Crippen LogP contribution in [0.25, 0.3) is 0 Å². The Morgan fingerprint density at radius 3 is 2.63 bits per heavy atom. The number of hydrazone groups is 1. The summed E-state index contributed by atoms with van der Waals surface area (Å²) in [5.74, 6) is -0.317. The van der Waals surface area contributed by atoms with Crippen molar-refractivity contribution in [1.82, 2.24) is 0 Å². The molecule has 0 aromatic heterocycles. The van der Waals surface area contributed by atoms with E-state index in [2.05, 4.69) is 26.5 Å². The van der Waals surface area contributed by atoms with Crippen LogP contribution < -0.4 is 5.43 Å². The number of hydrogen-bond donors (Lipinski definition) is 1. The van der Waals surface area contributed by atoms with Gasteiger partial charge in [0, 0.05) is 27.7 Å². The second-order valence-electron chi connectivity index (χ2n) is 3.83. The maximum atomic E-state index is 13.5. The van der Waals surface area contributed by atoms with Crippen molar-refractivity contribution in [1.29, 1.82) is 0 Å². The van der Waals surface area contributed by atoms with Gasteiger partial charge in [-0.25, -0.2) is 4.39 Å². The van der Waals surface area contributed by atoms with Gasteiger partial charge in [0.1, 0.15) is 5.82 Å². The molecule has 0 spiro atoms. The summed E-state index contributed by atoms with van der Waals surface area (Å²) in [5.41, 5.74) is 4.17. The molecule has 2 rings (SSSR count). The predicted octanol–water partition coefficient (Wildman–Crippen LogP) is 4.88. The molecule has 0 atom stereocenters. The molecule has 0 saturated carbocycles. The Morgan fingerprint density at radius 2 is 1.95 bits per heavy atom. The molecule has 1 N–H and O–H groups in total. The minimum Gasteiger partial charge on any atom is -0.279 e. The zero-order chi connectivity index (χ0) is 13.7. The number of halogens is 3. The van der Waals surface area contributed by atoms with Crippen LogP contribution in [0.5, 0.6) is 0 Å². The van der Waals surface area contributed by atoms with Gasteiger partial charge in [0.2, 0.25) is 0 Å². The summed E-state index contributed by atoms with van der Waals surface area (Å²) < 4.78 is 14.5. The summed E-state index contributed by atoms with van der Waals surface area (Å²) in [6.45, 7) is 0. The lowest BCUT2D eigenvalue weighted by molar-refractivity contribution is 0.616. The fourth-order valence-electron chi connectivity index (χ4n) is 1.51. The average Bonchev–Trinajstić information content (AvgIpc) is 2.39. The first kappa shape index (κ1) is 14.0. The second kappa shape index (κ2) is 6.68. The lowest BCUT2D eigenvalue weighted by Gasteiger charge is -2.02. The third-order valence-electron chi connectivity index (χ3n) is 2.49. The average molecular weight is 342 g/mol. The lowest BCUT2D eigenvalue weighted by atomic mass is 10.1. The van der Waals surface area contributed by atoms with Crippen LogP contribution in [-0.2, 0) is 6.42 Å². The summed E-state index contributed by atoms with van der Waals surface area (Å²) in [6.07, 6.45) is 1.93. The fourth-order valence-corrected chi connectivity index (χ4v) is 2.01. The zero-order valence-corrected chi connectivity index (χ0v) is 12.2. The van der Waals surface area contributed by atoms with Crippen LogP contribution in [0.2, 0.25) is 5.02 Å². The summed E-state index contributed by atoms with van der Waals surface area (Å²) in [6, 6.07) is 12.2. The van der Waals surface area contributed by atoms with Crippen LogP contribution in [0.3, 0.4) is 0 Å². The minimum atomic E-state index is -0.317. The quantitative estimate of drug-likeness (QED) is 0.622. The largest absolute Gasteiger partial charge is 0.279 e. The first-order valence-electron chi connectivity index (χ1n) is 5.63. The van der Waals surface area contributed by atoms with E-state index < -0.39 is 0 Å². The Labute approximate surface area is 124 Å². The monoisotopic (exact) mass is 340 g/mol. The Balaban J connectivity index is 1.95. The van der Waals surface area contributed by atoms with Gasteiger partial charge in [-0.05, 0) is 36.4 Å². The van der Waals surface area contributed by atoms with Crippen LogP contribution in [-0.4, -0.2) is 6.21 Å². The maximum absolute atomic E-state index is 13.5. The van der Waals surface area contributed by atoms with Crippen molar-refractivity contribution in [2.75, 3.05) is 5.43 Å². The molecule has 0 amide bonds. The highest BCUT2D eigenvalue weighted by molar-refractivity contribution is 9.10. The second-order valence-corrected chi connectivity index (χ2v) is 5.16. The van der Waals surface area contributed by atoms with Crippen LogP contribution in [0.4, 0.5) is 10.1 Å². The zero-order valence-electron chi connectivity index (χ0n) is 9.91. The molecule has 0 fully saturated rings. The predicted molar refractivity (Wildman–Crippen MR) is 81.4 cm³/mol. The van der Waals surface area contributed by atoms with Crippen LogP contribution in [0.15, 0.2) is 52.0 Å². The molecule has 0 saturated heterocycles. The van der Waals surface area contributed by atoms with E-state index in [1.165, 1.54) is 6.07 Å². The van der Waals surface area contributed by atoms with Gasteiger partial charge in [-0.2, -0.15) is 5.10 Å². The lowest BCUT2D eigenvalue weighted by Crippen LogP contribution is -1.95. The molecule has 0 aliphatic heterocycles. The van der Waals surface area contributed by atoms with E-state index in [9.17, 15) is 4.39 Å². The van der Waals surface area contributed by atoms with E-state index in [0.29, 0.717) is 17.0 Å². The molecule has 0 bridgehead atoms. The number of nitrogens with zero attached hydrogens (tertiary/aromatic N) is 1. The molecule has 2 nitrogen and oxygen atoms in total. The Morgan fingerprint density at radius 1 is 1.21 bits per heavy atom. The van der Waals surface area contributed by atoms with Crippen molar-refractivity contribution in [3.05, 3.63) is 63.3 Å². The smallest absolute Gasteiger partial charge is 0.128 e. The summed E-state index contributed by atoms with van der Waals surface area (Å²) in [4.78, 5) is 0. The van der Waals surface area contributed by atoms with Gasteiger partial charge >= 0.3 is 0 Å². The minimum absolute atomic E-state index is 0.317. The summed E-state index contributed by atoms with van der Waals surface area (Å²) in [5, 5.41) is 4.45. The van der Waals surface area contributed by atoms with Crippen molar-refractivity contribution in [3.63, 3.8) is 0 Å². The van der Waals surface area contributed by atoms with Gasteiger partial charge in [-0.3, -0.25) is 5.43 Å². The molecule has 0 aliphatic carbocycles. The van der Waals surface area contributed by atoms with E-state index in [1.54, 1.807) is 18.3 Å². The van der Waals surface area contributed by atoms with Gasteiger partial charge in [-0.1, -0.05) is 33.6 Å². The van der Waals surface area contributed by atoms with Crippen LogP contribution in [0, 0.1) is 5.82 Å². The highest BCUT2D eigenvalue weighted by Gasteiger charge is 2.04. The normalized spacial score (nSPS) is 10.9. The Hall–Kier alpha value is -1.39.